The van der Waals surface area contributed by atoms with Crippen LogP contribution in [0, 0.1) is 0 Å². The molecule has 0 unspecified atom stereocenters. The Balaban J connectivity index is 1.83. The molecule has 144 valence electrons. The topological polar surface area (TPSA) is 80.1 Å². The Bertz CT molecular complexity index is 1020. The van der Waals surface area contributed by atoms with Gasteiger partial charge in [0.1, 0.15) is 5.69 Å². The van der Waals surface area contributed by atoms with Crippen molar-refractivity contribution in [1.29, 1.82) is 0 Å². The number of imide groups is 1. The summed E-state index contributed by atoms with van der Waals surface area (Å²) in [6.07, 6.45) is 4.82. The number of carbonyl (C=O) groups excluding carboxylic acids is 2. The predicted molar refractivity (Wildman–Crippen MR) is 109 cm³/mol. The molecule has 0 bridgehead atoms. The number of carbonyl (C=O) groups is 2. The second-order valence-corrected chi connectivity index (χ2v) is 6.79. The van der Waals surface area contributed by atoms with Crippen molar-refractivity contribution < 1.29 is 9.59 Å². The Morgan fingerprint density at radius 1 is 1.21 bits per heavy atom. The van der Waals surface area contributed by atoms with Gasteiger partial charge >= 0.3 is 6.03 Å². The van der Waals surface area contributed by atoms with Gasteiger partial charge in [-0.3, -0.25) is 20.0 Å². The van der Waals surface area contributed by atoms with E-state index in [0.29, 0.717) is 16.4 Å². The quantitative estimate of drug-likeness (QED) is 0.645. The van der Waals surface area contributed by atoms with Crippen LogP contribution in [0.25, 0.3) is 5.69 Å². The van der Waals surface area contributed by atoms with Crippen LogP contribution in [0.3, 0.4) is 0 Å². The van der Waals surface area contributed by atoms with Crippen LogP contribution in [0.5, 0.6) is 0 Å². The van der Waals surface area contributed by atoms with Crippen LogP contribution in [0.2, 0.25) is 15.2 Å². The van der Waals surface area contributed by atoms with Crippen molar-refractivity contribution in [2.24, 2.45) is 0 Å². The van der Waals surface area contributed by atoms with Gasteiger partial charge in [-0.25, -0.2) is 9.48 Å². The summed E-state index contributed by atoms with van der Waals surface area (Å²) in [7, 11) is 0. The number of nitrogens with one attached hydrogen (secondary N) is 1. The Morgan fingerprint density at radius 2 is 2.00 bits per heavy atom. The summed E-state index contributed by atoms with van der Waals surface area (Å²) in [5.74, 6) is -0.674. The number of benzene rings is 1. The van der Waals surface area contributed by atoms with Gasteiger partial charge in [-0.15, -0.1) is 0 Å². The molecule has 1 aromatic carbocycles. The first kappa shape index (κ1) is 20.1. The number of nitrogens with zero attached hydrogens (tertiary/aromatic N) is 4. The molecule has 0 spiro atoms. The molecular weight excluding hydrogens is 425 g/mol. The molecule has 3 rings (SSSR count). The van der Waals surface area contributed by atoms with Crippen molar-refractivity contribution in [2.45, 2.75) is 6.92 Å². The molecule has 7 nitrogen and oxygen atoms in total. The van der Waals surface area contributed by atoms with Crippen LogP contribution in [0.1, 0.15) is 17.3 Å². The fraction of sp³-hybridized carbons (Fsp3) is 0.111. The SMILES string of the molecule is CCN(C(=O)NC(=O)c1cc(Cl)ccc1Cl)c1cn(-c2cccnc2)nc1Cl. The fourth-order valence-corrected chi connectivity index (χ4v) is 3.08. The normalized spacial score (nSPS) is 10.6. The van der Waals surface area contributed by atoms with Crippen LogP contribution in [0.4, 0.5) is 10.5 Å². The molecule has 28 heavy (non-hydrogen) atoms. The lowest BCUT2D eigenvalue weighted by Crippen LogP contribution is -2.43. The van der Waals surface area contributed by atoms with E-state index in [0.717, 1.165) is 0 Å². The van der Waals surface area contributed by atoms with Crippen molar-refractivity contribution in [1.82, 2.24) is 20.1 Å². The van der Waals surface area contributed by atoms with Crippen LogP contribution >= 0.6 is 34.8 Å². The van der Waals surface area contributed by atoms with Crippen molar-refractivity contribution >= 4 is 52.4 Å². The minimum atomic E-state index is -0.674. The molecule has 0 saturated heterocycles. The summed E-state index contributed by atoms with van der Waals surface area (Å²) < 4.78 is 1.50. The number of hydrogen-bond acceptors (Lipinski definition) is 4. The number of anilines is 1. The molecule has 0 atom stereocenters. The monoisotopic (exact) mass is 437 g/mol. The molecular formula is C18H14Cl3N5O2. The Kier molecular flexibility index (Phi) is 6.18. The summed E-state index contributed by atoms with van der Waals surface area (Å²) >= 11 is 18.1. The molecule has 0 aliphatic rings. The van der Waals surface area contributed by atoms with E-state index in [-0.39, 0.29) is 22.3 Å². The summed E-state index contributed by atoms with van der Waals surface area (Å²) in [6, 6.07) is 7.29. The third kappa shape index (κ3) is 4.27. The predicted octanol–water partition coefficient (Wildman–Crippen LogP) is 4.60. The van der Waals surface area contributed by atoms with E-state index in [1.807, 2.05) is 0 Å². The minimum absolute atomic E-state index is 0.0933. The minimum Gasteiger partial charge on any atom is -0.290 e. The Hall–Kier alpha value is -2.61. The van der Waals surface area contributed by atoms with E-state index in [9.17, 15) is 9.59 Å². The number of hydrogen-bond donors (Lipinski definition) is 1. The second kappa shape index (κ2) is 8.60. The van der Waals surface area contributed by atoms with Crippen molar-refractivity contribution in [2.75, 3.05) is 11.4 Å². The van der Waals surface area contributed by atoms with Gasteiger partial charge in [-0.2, -0.15) is 5.10 Å². The zero-order valence-electron chi connectivity index (χ0n) is 14.6. The third-order valence-corrected chi connectivity index (χ3v) is 4.64. The summed E-state index contributed by atoms with van der Waals surface area (Å²) in [4.78, 5) is 30.4. The molecule has 0 radical (unpaired) electrons. The van der Waals surface area contributed by atoms with E-state index in [1.165, 1.54) is 21.7 Å². The molecule has 3 amide bonds. The molecule has 0 saturated carbocycles. The molecule has 0 aliphatic heterocycles. The number of halogens is 3. The highest BCUT2D eigenvalue weighted by atomic mass is 35.5. The lowest BCUT2D eigenvalue weighted by Gasteiger charge is -2.19. The average Bonchev–Trinajstić information content (AvgIpc) is 3.06. The first-order valence-electron chi connectivity index (χ1n) is 8.14. The van der Waals surface area contributed by atoms with Gasteiger partial charge in [-0.1, -0.05) is 34.8 Å². The zero-order valence-corrected chi connectivity index (χ0v) is 16.8. The highest BCUT2D eigenvalue weighted by molar-refractivity contribution is 6.36. The van der Waals surface area contributed by atoms with Gasteiger partial charge in [0.15, 0.2) is 5.15 Å². The Morgan fingerprint density at radius 3 is 2.68 bits per heavy atom. The second-order valence-electron chi connectivity index (χ2n) is 5.59. The van der Waals surface area contributed by atoms with E-state index in [4.69, 9.17) is 34.8 Å². The first-order chi connectivity index (χ1) is 13.4. The highest BCUT2D eigenvalue weighted by Crippen LogP contribution is 2.26. The zero-order chi connectivity index (χ0) is 20.3. The molecule has 0 aliphatic carbocycles. The van der Waals surface area contributed by atoms with Gasteiger partial charge in [0.05, 0.1) is 28.7 Å². The lowest BCUT2D eigenvalue weighted by molar-refractivity contribution is 0.0965. The fourth-order valence-electron chi connectivity index (χ4n) is 2.47. The summed E-state index contributed by atoms with van der Waals surface area (Å²) in [5, 5.41) is 7.09. The van der Waals surface area contributed by atoms with Gasteiger partial charge in [0.25, 0.3) is 5.91 Å². The number of urea groups is 1. The van der Waals surface area contributed by atoms with E-state index in [2.05, 4.69) is 15.4 Å². The standard InChI is InChI=1S/C18H14Cl3N5O2/c1-2-25(15-10-26(24-16(15)21)12-4-3-7-22-9-12)18(28)23-17(27)13-8-11(19)5-6-14(13)20/h3-10H,2H2,1H3,(H,23,27,28). The molecule has 3 aromatic rings. The molecule has 10 heteroatoms. The first-order valence-corrected chi connectivity index (χ1v) is 9.27. The van der Waals surface area contributed by atoms with Gasteiger partial charge in [-0.05, 0) is 37.3 Å². The highest BCUT2D eigenvalue weighted by Gasteiger charge is 2.23. The van der Waals surface area contributed by atoms with E-state index in [1.54, 1.807) is 43.7 Å². The lowest BCUT2D eigenvalue weighted by atomic mass is 10.2. The van der Waals surface area contributed by atoms with Gasteiger partial charge in [0.2, 0.25) is 0 Å². The number of rotatable bonds is 4. The smallest absolute Gasteiger partial charge is 0.290 e. The summed E-state index contributed by atoms with van der Waals surface area (Å²) in [6.45, 7) is 2.00. The van der Waals surface area contributed by atoms with Gasteiger partial charge in [0, 0.05) is 17.8 Å². The van der Waals surface area contributed by atoms with Crippen LogP contribution in [-0.2, 0) is 0 Å². The maximum Gasteiger partial charge on any atom is 0.328 e. The molecule has 1 N–H and O–H groups in total. The average molecular weight is 439 g/mol. The molecule has 0 fully saturated rings. The van der Waals surface area contributed by atoms with Crippen molar-refractivity contribution in [3.05, 3.63) is 69.7 Å². The number of amides is 3. The van der Waals surface area contributed by atoms with Gasteiger partial charge < -0.3 is 0 Å². The van der Waals surface area contributed by atoms with Crippen molar-refractivity contribution in [3.8, 4) is 5.69 Å². The number of pyridine rings is 1. The Labute approximate surface area is 175 Å². The van der Waals surface area contributed by atoms with Crippen LogP contribution in [0.15, 0.2) is 48.9 Å². The number of aromatic nitrogens is 3. The third-order valence-electron chi connectivity index (χ3n) is 3.81. The van der Waals surface area contributed by atoms with Crippen LogP contribution < -0.4 is 10.2 Å². The van der Waals surface area contributed by atoms with Crippen LogP contribution in [-0.4, -0.2) is 33.2 Å². The molecule has 2 heterocycles. The maximum absolute atomic E-state index is 12.7. The van der Waals surface area contributed by atoms with E-state index < -0.39 is 11.9 Å². The molecule has 2 aromatic heterocycles. The maximum atomic E-state index is 12.7. The summed E-state index contributed by atoms with van der Waals surface area (Å²) in [5.41, 5.74) is 1.11. The largest absolute Gasteiger partial charge is 0.328 e. The van der Waals surface area contributed by atoms with E-state index >= 15 is 0 Å². The van der Waals surface area contributed by atoms with Crippen molar-refractivity contribution in [3.63, 3.8) is 0 Å².